The fourth-order valence-electron chi connectivity index (χ4n) is 2.59. The molecule has 5 heteroatoms. The molecule has 3 nitrogen and oxygen atoms in total. The first-order valence-corrected chi connectivity index (χ1v) is 7.24. The summed E-state index contributed by atoms with van der Waals surface area (Å²) in [5.41, 5.74) is 0.890. The summed E-state index contributed by atoms with van der Waals surface area (Å²) in [4.78, 5) is 12.2. The lowest BCUT2D eigenvalue weighted by molar-refractivity contribution is -0.122. The van der Waals surface area contributed by atoms with E-state index in [-0.39, 0.29) is 35.5 Å². The third kappa shape index (κ3) is 4.97. The second-order valence-electron chi connectivity index (χ2n) is 6.06. The lowest BCUT2D eigenvalue weighted by Gasteiger charge is -2.34. The number of halogens is 2. The van der Waals surface area contributed by atoms with E-state index in [1.54, 1.807) is 12.1 Å². The van der Waals surface area contributed by atoms with Crippen LogP contribution in [0.25, 0.3) is 0 Å². The number of amides is 1. The topological polar surface area (TPSA) is 41.1 Å². The number of carbonyl (C=O) groups is 1. The minimum Gasteiger partial charge on any atom is -0.355 e. The number of hydrogen-bond donors (Lipinski definition) is 2. The second-order valence-corrected chi connectivity index (χ2v) is 6.06. The molecule has 1 amide bonds. The van der Waals surface area contributed by atoms with E-state index in [0.29, 0.717) is 6.54 Å². The molecule has 1 fully saturated rings. The highest BCUT2D eigenvalue weighted by Crippen LogP contribution is 2.27. The van der Waals surface area contributed by atoms with Crippen LogP contribution in [-0.2, 0) is 4.79 Å². The van der Waals surface area contributed by atoms with Crippen molar-refractivity contribution in [2.24, 2.45) is 5.41 Å². The monoisotopic (exact) mass is 314 g/mol. The zero-order valence-electron chi connectivity index (χ0n) is 12.6. The van der Waals surface area contributed by atoms with Gasteiger partial charge in [-0.3, -0.25) is 4.79 Å². The van der Waals surface area contributed by atoms with Crippen LogP contribution < -0.4 is 10.6 Å². The highest BCUT2D eigenvalue weighted by molar-refractivity contribution is 5.85. The SMILES string of the molecule is CC(C(=O)NCC1(C)CCNCC1)c1cccc(F)c1.Cl. The van der Waals surface area contributed by atoms with Crippen LogP contribution in [-0.4, -0.2) is 25.5 Å². The van der Waals surface area contributed by atoms with Crippen LogP contribution in [0, 0.1) is 11.2 Å². The largest absolute Gasteiger partial charge is 0.355 e. The highest BCUT2D eigenvalue weighted by atomic mass is 35.5. The van der Waals surface area contributed by atoms with Gasteiger partial charge in [-0.1, -0.05) is 19.1 Å². The maximum Gasteiger partial charge on any atom is 0.227 e. The van der Waals surface area contributed by atoms with Crippen LogP contribution in [0.1, 0.15) is 38.2 Å². The normalized spacial score (nSPS) is 18.4. The molecule has 1 unspecified atom stereocenters. The summed E-state index contributed by atoms with van der Waals surface area (Å²) in [5.74, 6) is -0.654. The van der Waals surface area contributed by atoms with Crippen molar-refractivity contribution in [2.45, 2.75) is 32.6 Å². The molecular formula is C16H24ClFN2O. The quantitative estimate of drug-likeness (QED) is 0.897. The van der Waals surface area contributed by atoms with Crippen molar-refractivity contribution in [3.05, 3.63) is 35.6 Å². The Hall–Kier alpha value is -1.13. The number of hydrogen-bond acceptors (Lipinski definition) is 2. The number of nitrogens with one attached hydrogen (secondary N) is 2. The predicted molar refractivity (Wildman–Crippen MR) is 85.3 cm³/mol. The third-order valence-electron chi connectivity index (χ3n) is 4.24. The molecule has 0 radical (unpaired) electrons. The number of piperidine rings is 1. The summed E-state index contributed by atoms with van der Waals surface area (Å²) in [7, 11) is 0. The Morgan fingerprint density at radius 1 is 1.43 bits per heavy atom. The van der Waals surface area contributed by atoms with Crippen LogP contribution in [0.2, 0.25) is 0 Å². The van der Waals surface area contributed by atoms with Gasteiger partial charge in [0.1, 0.15) is 5.82 Å². The summed E-state index contributed by atoms with van der Waals surface area (Å²) in [5, 5.41) is 6.35. The zero-order chi connectivity index (χ0) is 14.6. The summed E-state index contributed by atoms with van der Waals surface area (Å²) in [6.45, 7) is 6.72. The molecule has 0 spiro atoms. The summed E-state index contributed by atoms with van der Waals surface area (Å²) < 4.78 is 13.2. The van der Waals surface area contributed by atoms with E-state index in [9.17, 15) is 9.18 Å². The van der Waals surface area contributed by atoms with E-state index in [1.165, 1.54) is 12.1 Å². The molecule has 1 saturated heterocycles. The van der Waals surface area contributed by atoms with E-state index >= 15 is 0 Å². The lowest BCUT2D eigenvalue weighted by Crippen LogP contribution is -2.43. The van der Waals surface area contributed by atoms with Gasteiger partial charge in [0, 0.05) is 6.54 Å². The Kier molecular flexibility index (Phi) is 6.62. The van der Waals surface area contributed by atoms with Crippen LogP contribution in [0.5, 0.6) is 0 Å². The average Bonchev–Trinajstić information content (AvgIpc) is 2.45. The molecule has 118 valence electrons. The van der Waals surface area contributed by atoms with Crippen LogP contribution >= 0.6 is 12.4 Å². The molecule has 1 aliphatic rings. The molecule has 1 aromatic carbocycles. The Bertz CT molecular complexity index is 475. The van der Waals surface area contributed by atoms with E-state index in [0.717, 1.165) is 31.5 Å². The fourth-order valence-corrected chi connectivity index (χ4v) is 2.59. The molecule has 2 rings (SSSR count). The molecule has 0 bridgehead atoms. The van der Waals surface area contributed by atoms with Crippen molar-refractivity contribution in [1.82, 2.24) is 10.6 Å². The molecular weight excluding hydrogens is 291 g/mol. The van der Waals surface area contributed by atoms with Crippen molar-refractivity contribution in [3.8, 4) is 0 Å². The fraction of sp³-hybridized carbons (Fsp3) is 0.562. The van der Waals surface area contributed by atoms with Crippen LogP contribution in [0.4, 0.5) is 4.39 Å². The molecule has 0 saturated carbocycles. The molecule has 0 aliphatic carbocycles. The van der Waals surface area contributed by atoms with E-state index < -0.39 is 0 Å². The van der Waals surface area contributed by atoms with Crippen molar-refractivity contribution in [2.75, 3.05) is 19.6 Å². The van der Waals surface area contributed by atoms with Gasteiger partial charge in [-0.15, -0.1) is 12.4 Å². The number of carbonyl (C=O) groups excluding carboxylic acids is 1. The van der Waals surface area contributed by atoms with Crippen molar-refractivity contribution < 1.29 is 9.18 Å². The summed E-state index contributed by atoms with van der Waals surface area (Å²) >= 11 is 0. The Balaban J connectivity index is 0.00000220. The number of rotatable bonds is 4. The molecule has 2 N–H and O–H groups in total. The molecule has 1 atom stereocenters. The van der Waals surface area contributed by atoms with Gasteiger partial charge in [0.2, 0.25) is 5.91 Å². The smallest absolute Gasteiger partial charge is 0.227 e. The van der Waals surface area contributed by atoms with Crippen LogP contribution in [0.15, 0.2) is 24.3 Å². The van der Waals surface area contributed by atoms with Crippen LogP contribution in [0.3, 0.4) is 0 Å². The average molecular weight is 315 g/mol. The molecule has 1 aromatic rings. The zero-order valence-corrected chi connectivity index (χ0v) is 13.4. The first-order valence-electron chi connectivity index (χ1n) is 7.24. The van der Waals surface area contributed by atoms with E-state index in [1.807, 2.05) is 6.92 Å². The van der Waals surface area contributed by atoms with Gasteiger partial charge in [-0.2, -0.15) is 0 Å². The minimum absolute atomic E-state index is 0. The maximum absolute atomic E-state index is 13.2. The van der Waals surface area contributed by atoms with Crippen molar-refractivity contribution >= 4 is 18.3 Å². The Labute approximate surface area is 132 Å². The van der Waals surface area contributed by atoms with E-state index in [4.69, 9.17) is 0 Å². The Morgan fingerprint density at radius 2 is 2.10 bits per heavy atom. The lowest BCUT2D eigenvalue weighted by atomic mass is 9.81. The van der Waals surface area contributed by atoms with Gasteiger partial charge in [0.05, 0.1) is 5.92 Å². The molecule has 1 aliphatic heterocycles. The molecule has 1 heterocycles. The van der Waals surface area contributed by atoms with Gasteiger partial charge in [0.25, 0.3) is 0 Å². The highest BCUT2D eigenvalue weighted by Gasteiger charge is 2.28. The van der Waals surface area contributed by atoms with Gasteiger partial charge < -0.3 is 10.6 Å². The molecule has 0 aromatic heterocycles. The minimum atomic E-state index is -0.323. The first-order chi connectivity index (χ1) is 9.50. The maximum atomic E-state index is 13.2. The first kappa shape index (κ1) is 17.9. The third-order valence-corrected chi connectivity index (χ3v) is 4.24. The Morgan fingerprint density at radius 3 is 2.71 bits per heavy atom. The van der Waals surface area contributed by atoms with Crippen molar-refractivity contribution in [1.29, 1.82) is 0 Å². The van der Waals surface area contributed by atoms with Gasteiger partial charge in [-0.25, -0.2) is 4.39 Å². The second kappa shape index (κ2) is 7.76. The molecule has 21 heavy (non-hydrogen) atoms. The van der Waals surface area contributed by atoms with Crippen molar-refractivity contribution in [3.63, 3.8) is 0 Å². The predicted octanol–water partition coefficient (Wildman–Crippen LogP) is 2.86. The van der Waals surface area contributed by atoms with Gasteiger partial charge in [-0.05, 0) is 56.0 Å². The van der Waals surface area contributed by atoms with E-state index in [2.05, 4.69) is 17.6 Å². The van der Waals surface area contributed by atoms with Gasteiger partial charge >= 0.3 is 0 Å². The number of benzene rings is 1. The standard InChI is InChI=1S/C16H23FN2O.ClH/c1-12(13-4-3-5-14(17)10-13)15(20)19-11-16(2)6-8-18-9-7-16;/h3-5,10,12,18H,6-9,11H2,1-2H3,(H,19,20);1H. The summed E-state index contributed by atoms with van der Waals surface area (Å²) in [6.07, 6.45) is 2.14. The summed E-state index contributed by atoms with van der Waals surface area (Å²) in [6, 6.07) is 6.25. The van der Waals surface area contributed by atoms with Gasteiger partial charge in [0.15, 0.2) is 0 Å².